The van der Waals surface area contributed by atoms with E-state index in [0.717, 1.165) is 82.8 Å². The maximum Gasteiger partial charge on any atom is 0.101 e. The Morgan fingerprint density at radius 1 is 0.327 bits per heavy atom. The molecular formula is C50H29N5. The first-order valence-corrected chi connectivity index (χ1v) is 18.3. The van der Waals surface area contributed by atoms with Crippen LogP contribution in [-0.4, -0.2) is 13.7 Å². The average molecular weight is 700 g/mol. The summed E-state index contributed by atoms with van der Waals surface area (Å²) < 4.78 is 6.83. The minimum Gasteiger partial charge on any atom is -0.309 e. The standard InChI is InChI=1S/C50H29N5/c51-30-34-24-23-33(32-11-9-13-36(27-32)54-46-21-8-4-17-42(46)50-35(31-52)12-10-22-47(50)54)28-48(34)55-45-20-7-3-16-40(45)41-26-25-37(29-49(41)55)53-43-18-5-1-14-38(43)39-15-2-6-19-44(39)53/h1-29H. The second kappa shape index (κ2) is 11.8. The van der Waals surface area contributed by atoms with Crippen LogP contribution >= 0.6 is 0 Å². The molecule has 0 saturated carbocycles. The molecule has 0 bridgehead atoms. The SMILES string of the molecule is N#Cc1ccc(-c2cccc(-n3c4ccccc4c4c(C#N)cccc43)c2)cc1-n1c2ccccc2c2ccc(-n3c4ccccc4c4ccccc43)cc21. The Labute approximate surface area is 316 Å². The van der Waals surface area contributed by atoms with E-state index in [1.807, 2.05) is 36.4 Å². The molecule has 0 amide bonds. The predicted molar refractivity (Wildman–Crippen MR) is 224 cm³/mol. The van der Waals surface area contributed by atoms with Gasteiger partial charge >= 0.3 is 0 Å². The largest absolute Gasteiger partial charge is 0.309 e. The second-order valence-corrected chi connectivity index (χ2v) is 14.0. The number of para-hydroxylation sites is 4. The van der Waals surface area contributed by atoms with Crippen LogP contribution in [0, 0.1) is 22.7 Å². The molecule has 0 aliphatic carbocycles. The van der Waals surface area contributed by atoms with Crippen molar-refractivity contribution in [2.45, 2.75) is 0 Å². The lowest BCUT2D eigenvalue weighted by molar-refractivity contribution is 1.15. The van der Waals surface area contributed by atoms with Crippen molar-refractivity contribution in [3.05, 3.63) is 187 Å². The van der Waals surface area contributed by atoms with Crippen LogP contribution in [0.15, 0.2) is 176 Å². The molecule has 0 atom stereocenters. The van der Waals surface area contributed by atoms with E-state index in [1.165, 1.54) is 10.8 Å². The van der Waals surface area contributed by atoms with Gasteiger partial charge in [0.25, 0.3) is 0 Å². The first-order chi connectivity index (χ1) is 27.2. The van der Waals surface area contributed by atoms with Gasteiger partial charge in [0, 0.05) is 43.7 Å². The molecule has 0 unspecified atom stereocenters. The lowest BCUT2D eigenvalue weighted by Gasteiger charge is -2.15. The molecule has 8 aromatic carbocycles. The summed E-state index contributed by atoms with van der Waals surface area (Å²) in [6.07, 6.45) is 0. The van der Waals surface area contributed by atoms with Gasteiger partial charge in [-0.3, -0.25) is 0 Å². The van der Waals surface area contributed by atoms with E-state index in [4.69, 9.17) is 0 Å². The number of hydrogen-bond acceptors (Lipinski definition) is 2. The van der Waals surface area contributed by atoms with E-state index in [-0.39, 0.29) is 0 Å². The highest BCUT2D eigenvalue weighted by Gasteiger charge is 2.20. The van der Waals surface area contributed by atoms with Crippen LogP contribution in [0.2, 0.25) is 0 Å². The Balaban J connectivity index is 1.13. The van der Waals surface area contributed by atoms with E-state index in [9.17, 15) is 10.5 Å². The number of nitrogens with zero attached hydrogens (tertiary/aromatic N) is 5. The molecule has 0 N–H and O–H groups in total. The number of hydrogen-bond donors (Lipinski definition) is 0. The third-order valence-electron chi connectivity index (χ3n) is 11.1. The summed E-state index contributed by atoms with van der Waals surface area (Å²) in [6, 6.07) is 66.0. The Morgan fingerprint density at radius 2 is 0.836 bits per heavy atom. The summed E-state index contributed by atoms with van der Waals surface area (Å²) in [5.74, 6) is 0. The molecular weight excluding hydrogens is 671 g/mol. The van der Waals surface area contributed by atoms with Crippen LogP contribution in [0.4, 0.5) is 0 Å². The molecule has 0 aliphatic heterocycles. The first-order valence-electron chi connectivity index (χ1n) is 18.3. The van der Waals surface area contributed by atoms with Gasteiger partial charge in [-0.1, -0.05) is 103 Å². The van der Waals surface area contributed by atoms with Crippen molar-refractivity contribution in [1.82, 2.24) is 13.7 Å². The highest BCUT2D eigenvalue weighted by atomic mass is 15.0. The Hall–Kier alpha value is -7.86. The third kappa shape index (κ3) is 4.45. The van der Waals surface area contributed by atoms with Gasteiger partial charge in [0.05, 0.1) is 56.0 Å². The predicted octanol–water partition coefficient (Wildman–Crippen LogP) is 12.4. The van der Waals surface area contributed by atoms with Crippen molar-refractivity contribution < 1.29 is 0 Å². The minimum atomic E-state index is 0.594. The summed E-state index contributed by atoms with van der Waals surface area (Å²) in [4.78, 5) is 0. The molecule has 3 heterocycles. The molecule has 3 aromatic heterocycles. The summed E-state index contributed by atoms with van der Waals surface area (Å²) in [5, 5.41) is 27.3. The molecule has 0 aliphatic rings. The van der Waals surface area contributed by atoms with Gasteiger partial charge in [-0.05, 0) is 83.9 Å². The quantitative estimate of drug-likeness (QED) is 0.184. The van der Waals surface area contributed by atoms with Gasteiger partial charge in [0.15, 0.2) is 0 Å². The fraction of sp³-hybridized carbons (Fsp3) is 0. The van der Waals surface area contributed by atoms with Gasteiger partial charge in [-0.2, -0.15) is 10.5 Å². The van der Waals surface area contributed by atoms with E-state index < -0.39 is 0 Å². The highest BCUT2D eigenvalue weighted by Crippen LogP contribution is 2.39. The zero-order valence-electron chi connectivity index (χ0n) is 29.5. The number of nitriles is 2. The zero-order valence-corrected chi connectivity index (χ0v) is 29.5. The normalized spacial score (nSPS) is 11.6. The van der Waals surface area contributed by atoms with Crippen LogP contribution in [0.3, 0.4) is 0 Å². The molecule has 0 saturated heterocycles. The molecule has 0 fully saturated rings. The fourth-order valence-corrected chi connectivity index (χ4v) is 8.76. The summed E-state index contributed by atoms with van der Waals surface area (Å²) >= 11 is 0. The fourth-order valence-electron chi connectivity index (χ4n) is 8.76. The van der Waals surface area contributed by atoms with Crippen LogP contribution in [0.25, 0.3) is 93.6 Å². The van der Waals surface area contributed by atoms with Gasteiger partial charge in [0.2, 0.25) is 0 Å². The molecule has 0 radical (unpaired) electrons. The van der Waals surface area contributed by atoms with Crippen LogP contribution in [0.5, 0.6) is 0 Å². The molecule has 11 aromatic rings. The molecule has 5 heteroatoms. The average Bonchev–Trinajstić information content (AvgIpc) is 3.89. The highest BCUT2D eigenvalue weighted by molar-refractivity contribution is 6.13. The van der Waals surface area contributed by atoms with E-state index >= 15 is 0 Å². The van der Waals surface area contributed by atoms with Crippen LogP contribution in [-0.2, 0) is 0 Å². The van der Waals surface area contributed by atoms with Gasteiger partial charge in [-0.15, -0.1) is 0 Å². The Morgan fingerprint density at radius 3 is 1.51 bits per heavy atom. The van der Waals surface area contributed by atoms with Crippen LogP contribution in [0.1, 0.15) is 11.1 Å². The lowest BCUT2D eigenvalue weighted by Crippen LogP contribution is -2.00. The smallest absolute Gasteiger partial charge is 0.101 e. The zero-order chi connectivity index (χ0) is 36.6. The third-order valence-corrected chi connectivity index (χ3v) is 11.1. The van der Waals surface area contributed by atoms with Crippen molar-refractivity contribution in [2.24, 2.45) is 0 Å². The monoisotopic (exact) mass is 699 g/mol. The number of benzene rings is 8. The molecule has 11 rings (SSSR count). The number of rotatable bonds is 4. The van der Waals surface area contributed by atoms with Crippen molar-refractivity contribution in [3.63, 3.8) is 0 Å². The number of aromatic nitrogens is 3. The van der Waals surface area contributed by atoms with Crippen molar-refractivity contribution >= 4 is 65.4 Å². The molecule has 5 nitrogen and oxygen atoms in total. The minimum absolute atomic E-state index is 0.594. The second-order valence-electron chi connectivity index (χ2n) is 14.0. The van der Waals surface area contributed by atoms with E-state index in [2.05, 4.69) is 165 Å². The van der Waals surface area contributed by atoms with Crippen molar-refractivity contribution in [1.29, 1.82) is 10.5 Å². The maximum absolute atomic E-state index is 10.6. The first kappa shape index (κ1) is 30.7. The number of fused-ring (bicyclic) bond motifs is 9. The summed E-state index contributed by atoms with van der Waals surface area (Å²) in [7, 11) is 0. The topological polar surface area (TPSA) is 62.4 Å². The van der Waals surface area contributed by atoms with Gasteiger partial charge < -0.3 is 13.7 Å². The van der Waals surface area contributed by atoms with Gasteiger partial charge in [0.1, 0.15) is 6.07 Å². The van der Waals surface area contributed by atoms with Crippen LogP contribution < -0.4 is 0 Å². The summed E-state index contributed by atoms with van der Waals surface area (Å²) in [5.41, 5.74) is 12.6. The lowest BCUT2D eigenvalue weighted by atomic mass is 10.0. The summed E-state index contributed by atoms with van der Waals surface area (Å²) in [6.45, 7) is 0. The molecule has 254 valence electrons. The molecule has 55 heavy (non-hydrogen) atoms. The van der Waals surface area contributed by atoms with Gasteiger partial charge in [-0.25, -0.2) is 0 Å². The van der Waals surface area contributed by atoms with Crippen molar-refractivity contribution in [3.8, 4) is 40.3 Å². The molecule has 0 spiro atoms. The van der Waals surface area contributed by atoms with Crippen molar-refractivity contribution in [2.75, 3.05) is 0 Å². The van der Waals surface area contributed by atoms with E-state index in [0.29, 0.717) is 11.1 Å². The van der Waals surface area contributed by atoms with E-state index in [1.54, 1.807) is 0 Å². The maximum atomic E-state index is 10.6. The Kier molecular flexibility index (Phi) is 6.61. The Bertz CT molecular complexity index is 3420.